The lowest BCUT2D eigenvalue weighted by Gasteiger charge is -2.08. The first kappa shape index (κ1) is 10.5. The molecular formula is C10H14ClN3O. The maximum absolute atomic E-state index is 11.9. The SMILES string of the molecule is CCNc1c(Cl)cnn(CC2CC2)c1=O. The van der Waals surface area contributed by atoms with Crippen LogP contribution >= 0.6 is 11.6 Å². The van der Waals surface area contributed by atoms with E-state index in [-0.39, 0.29) is 5.56 Å². The summed E-state index contributed by atoms with van der Waals surface area (Å²) in [5.41, 5.74) is 0.353. The summed E-state index contributed by atoms with van der Waals surface area (Å²) in [5, 5.41) is 7.40. The molecule has 15 heavy (non-hydrogen) atoms. The van der Waals surface area contributed by atoms with E-state index in [0.29, 0.717) is 29.7 Å². The van der Waals surface area contributed by atoms with Crippen LogP contribution in [-0.2, 0) is 6.54 Å². The van der Waals surface area contributed by atoms with Crippen LogP contribution in [-0.4, -0.2) is 16.3 Å². The molecule has 1 aromatic rings. The van der Waals surface area contributed by atoms with Crippen molar-refractivity contribution in [1.82, 2.24) is 9.78 Å². The highest BCUT2D eigenvalue weighted by molar-refractivity contribution is 6.32. The van der Waals surface area contributed by atoms with Gasteiger partial charge in [-0.1, -0.05) is 11.6 Å². The van der Waals surface area contributed by atoms with Crippen molar-refractivity contribution in [2.75, 3.05) is 11.9 Å². The van der Waals surface area contributed by atoms with E-state index in [1.807, 2.05) is 6.92 Å². The van der Waals surface area contributed by atoms with Gasteiger partial charge in [-0.15, -0.1) is 0 Å². The molecule has 0 radical (unpaired) electrons. The molecule has 1 fully saturated rings. The zero-order valence-corrected chi connectivity index (χ0v) is 9.42. The summed E-state index contributed by atoms with van der Waals surface area (Å²) in [6.45, 7) is 3.33. The number of aromatic nitrogens is 2. The minimum absolute atomic E-state index is 0.115. The third-order valence-corrected chi connectivity index (χ3v) is 2.77. The van der Waals surface area contributed by atoms with Crippen molar-refractivity contribution in [3.63, 3.8) is 0 Å². The second-order valence-electron chi connectivity index (χ2n) is 3.83. The Kier molecular flexibility index (Phi) is 2.95. The summed E-state index contributed by atoms with van der Waals surface area (Å²) in [6, 6.07) is 0. The van der Waals surface area contributed by atoms with Crippen LogP contribution in [0.1, 0.15) is 19.8 Å². The Labute approximate surface area is 93.2 Å². The van der Waals surface area contributed by atoms with Gasteiger partial charge in [0.15, 0.2) is 0 Å². The predicted molar refractivity (Wildman–Crippen MR) is 60.4 cm³/mol. The summed E-state index contributed by atoms with van der Waals surface area (Å²) in [6.07, 6.45) is 3.93. The van der Waals surface area contributed by atoms with Crippen molar-refractivity contribution in [2.45, 2.75) is 26.3 Å². The van der Waals surface area contributed by atoms with Gasteiger partial charge in [-0.2, -0.15) is 5.10 Å². The lowest BCUT2D eigenvalue weighted by molar-refractivity contribution is 0.534. The Balaban J connectivity index is 2.30. The Morgan fingerprint density at radius 1 is 1.67 bits per heavy atom. The number of nitrogens with zero attached hydrogens (tertiary/aromatic N) is 2. The van der Waals surface area contributed by atoms with E-state index in [1.54, 1.807) is 0 Å². The van der Waals surface area contributed by atoms with Crippen LogP contribution in [0.3, 0.4) is 0 Å². The average Bonchev–Trinajstić information content (AvgIpc) is 3.01. The monoisotopic (exact) mass is 227 g/mol. The summed E-state index contributed by atoms with van der Waals surface area (Å²) < 4.78 is 1.50. The molecule has 82 valence electrons. The van der Waals surface area contributed by atoms with E-state index in [1.165, 1.54) is 23.7 Å². The molecule has 1 N–H and O–H groups in total. The molecule has 1 aromatic heterocycles. The van der Waals surface area contributed by atoms with Gasteiger partial charge < -0.3 is 5.32 Å². The van der Waals surface area contributed by atoms with Gasteiger partial charge in [0.25, 0.3) is 5.56 Å². The van der Waals surface area contributed by atoms with Gasteiger partial charge >= 0.3 is 0 Å². The fourth-order valence-electron chi connectivity index (χ4n) is 1.48. The summed E-state index contributed by atoms with van der Waals surface area (Å²) >= 11 is 5.89. The molecule has 0 atom stereocenters. The standard InChI is InChI=1S/C10H14ClN3O/c1-2-12-9-8(11)5-13-14(10(9)15)6-7-3-4-7/h5,7,12H,2-4,6H2,1H3. The molecule has 0 aromatic carbocycles. The molecule has 4 nitrogen and oxygen atoms in total. The summed E-state index contributed by atoms with van der Waals surface area (Å²) in [4.78, 5) is 11.9. The molecule has 1 aliphatic rings. The normalized spacial score (nSPS) is 15.3. The van der Waals surface area contributed by atoms with Crippen molar-refractivity contribution in [2.24, 2.45) is 5.92 Å². The fourth-order valence-corrected chi connectivity index (χ4v) is 1.67. The Hall–Kier alpha value is -1.03. The third-order valence-electron chi connectivity index (χ3n) is 2.48. The zero-order chi connectivity index (χ0) is 10.8. The average molecular weight is 228 g/mol. The van der Waals surface area contributed by atoms with Crippen LogP contribution in [0.25, 0.3) is 0 Å². The molecule has 0 aliphatic heterocycles. The predicted octanol–water partition coefficient (Wildman–Crippen LogP) is 1.74. The fraction of sp³-hybridized carbons (Fsp3) is 0.600. The van der Waals surface area contributed by atoms with E-state index in [2.05, 4.69) is 10.4 Å². The minimum Gasteiger partial charge on any atom is -0.380 e. The highest BCUT2D eigenvalue weighted by Crippen LogP contribution is 2.30. The molecule has 1 heterocycles. The lowest BCUT2D eigenvalue weighted by Crippen LogP contribution is -2.26. The van der Waals surface area contributed by atoms with Gasteiger partial charge in [0.1, 0.15) is 5.69 Å². The van der Waals surface area contributed by atoms with Crippen molar-refractivity contribution in [3.8, 4) is 0 Å². The maximum atomic E-state index is 11.9. The van der Waals surface area contributed by atoms with Gasteiger partial charge in [0.05, 0.1) is 11.2 Å². The zero-order valence-electron chi connectivity index (χ0n) is 8.66. The first-order valence-electron chi connectivity index (χ1n) is 5.22. The largest absolute Gasteiger partial charge is 0.380 e. The number of halogens is 1. The topological polar surface area (TPSA) is 46.9 Å². The molecule has 0 spiro atoms. The molecule has 0 bridgehead atoms. The second-order valence-corrected chi connectivity index (χ2v) is 4.24. The van der Waals surface area contributed by atoms with Crippen LogP contribution in [0.5, 0.6) is 0 Å². The third kappa shape index (κ3) is 2.31. The van der Waals surface area contributed by atoms with Gasteiger partial charge in [0, 0.05) is 13.1 Å². The number of hydrogen-bond acceptors (Lipinski definition) is 3. The molecule has 5 heteroatoms. The van der Waals surface area contributed by atoms with Crippen LogP contribution in [0.4, 0.5) is 5.69 Å². The Bertz CT molecular complexity index is 412. The van der Waals surface area contributed by atoms with Crippen molar-refractivity contribution in [1.29, 1.82) is 0 Å². The Morgan fingerprint density at radius 3 is 3.00 bits per heavy atom. The number of hydrogen-bond donors (Lipinski definition) is 1. The first-order valence-corrected chi connectivity index (χ1v) is 5.59. The van der Waals surface area contributed by atoms with Gasteiger partial charge in [-0.25, -0.2) is 4.68 Å². The maximum Gasteiger partial charge on any atom is 0.291 e. The van der Waals surface area contributed by atoms with Crippen LogP contribution in [0.2, 0.25) is 5.02 Å². The van der Waals surface area contributed by atoms with E-state index < -0.39 is 0 Å². The van der Waals surface area contributed by atoms with Crippen molar-refractivity contribution >= 4 is 17.3 Å². The molecule has 0 saturated heterocycles. The summed E-state index contributed by atoms with van der Waals surface area (Å²) in [5.74, 6) is 0.630. The van der Waals surface area contributed by atoms with Gasteiger partial charge in [-0.05, 0) is 25.7 Å². The van der Waals surface area contributed by atoms with E-state index in [4.69, 9.17) is 11.6 Å². The first-order chi connectivity index (χ1) is 7.22. The summed E-state index contributed by atoms with van der Waals surface area (Å²) in [7, 11) is 0. The number of nitrogens with one attached hydrogen (secondary N) is 1. The highest BCUT2D eigenvalue weighted by atomic mass is 35.5. The number of rotatable bonds is 4. The van der Waals surface area contributed by atoms with Gasteiger partial charge in [-0.3, -0.25) is 4.79 Å². The smallest absolute Gasteiger partial charge is 0.291 e. The molecule has 0 amide bonds. The van der Waals surface area contributed by atoms with Crippen LogP contribution < -0.4 is 10.9 Å². The highest BCUT2D eigenvalue weighted by Gasteiger charge is 2.23. The molecular weight excluding hydrogens is 214 g/mol. The van der Waals surface area contributed by atoms with Crippen LogP contribution in [0, 0.1) is 5.92 Å². The van der Waals surface area contributed by atoms with Gasteiger partial charge in [0.2, 0.25) is 0 Å². The molecule has 0 unspecified atom stereocenters. The van der Waals surface area contributed by atoms with E-state index in [9.17, 15) is 4.79 Å². The van der Waals surface area contributed by atoms with Crippen LogP contribution in [0.15, 0.2) is 11.0 Å². The molecule has 1 aliphatic carbocycles. The van der Waals surface area contributed by atoms with E-state index >= 15 is 0 Å². The number of anilines is 1. The van der Waals surface area contributed by atoms with E-state index in [0.717, 1.165) is 0 Å². The van der Waals surface area contributed by atoms with Crippen molar-refractivity contribution in [3.05, 3.63) is 21.6 Å². The lowest BCUT2D eigenvalue weighted by atomic mass is 10.4. The van der Waals surface area contributed by atoms with Crippen molar-refractivity contribution < 1.29 is 0 Å². The quantitative estimate of drug-likeness (QED) is 0.853. The Morgan fingerprint density at radius 2 is 2.40 bits per heavy atom. The second kappa shape index (κ2) is 4.23. The minimum atomic E-state index is -0.115. The molecule has 1 saturated carbocycles. The molecule has 2 rings (SSSR count).